The minimum atomic E-state index is 0.810. The van der Waals surface area contributed by atoms with Crippen LogP contribution in [0.2, 0.25) is 0 Å². The van der Waals surface area contributed by atoms with Crippen molar-refractivity contribution in [3.05, 3.63) is 34.9 Å². The van der Waals surface area contributed by atoms with Gasteiger partial charge in [-0.3, -0.25) is 4.79 Å². The number of aldehydes is 1. The van der Waals surface area contributed by atoms with E-state index in [1.54, 1.807) is 0 Å². The fraction of sp³-hybridized carbons (Fsp3) is 0.300. The summed E-state index contributed by atoms with van der Waals surface area (Å²) in [6, 6.07) is 5.99. The number of hydrogen-bond acceptors (Lipinski definition) is 1. The SMILES string of the molecule is CCc1ccc(C)c(C=O)c1. The van der Waals surface area contributed by atoms with E-state index in [1.165, 1.54) is 5.56 Å². The molecule has 11 heavy (non-hydrogen) atoms. The van der Waals surface area contributed by atoms with Gasteiger partial charge in [0.1, 0.15) is 6.29 Å². The Kier molecular flexibility index (Phi) is 2.42. The molecule has 0 bridgehead atoms. The number of carbonyl (C=O) groups excluding carboxylic acids is 1. The lowest BCUT2D eigenvalue weighted by Gasteiger charge is -2.00. The zero-order valence-corrected chi connectivity index (χ0v) is 6.92. The topological polar surface area (TPSA) is 17.1 Å². The third-order valence-corrected chi connectivity index (χ3v) is 1.88. The van der Waals surface area contributed by atoms with Crippen molar-refractivity contribution in [3.63, 3.8) is 0 Å². The Bertz CT molecular complexity index is 264. The average molecular weight is 148 g/mol. The lowest BCUT2D eigenvalue weighted by atomic mass is 10.0. The van der Waals surface area contributed by atoms with E-state index in [0.717, 1.165) is 23.8 Å². The Morgan fingerprint density at radius 1 is 1.45 bits per heavy atom. The molecule has 1 rings (SSSR count). The second kappa shape index (κ2) is 3.33. The van der Waals surface area contributed by atoms with Gasteiger partial charge >= 0.3 is 0 Å². The Balaban J connectivity index is 3.12. The normalized spacial score (nSPS) is 9.64. The van der Waals surface area contributed by atoms with E-state index in [-0.39, 0.29) is 0 Å². The highest BCUT2D eigenvalue weighted by Gasteiger charge is 1.96. The van der Waals surface area contributed by atoms with Gasteiger partial charge in [-0.05, 0) is 30.5 Å². The van der Waals surface area contributed by atoms with Crippen LogP contribution in [-0.2, 0) is 6.42 Å². The summed E-state index contributed by atoms with van der Waals surface area (Å²) in [4.78, 5) is 10.5. The molecule has 1 heteroatoms. The predicted molar refractivity (Wildman–Crippen MR) is 45.9 cm³/mol. The molecule has 0 unspecified atom stereocenters. The van der Waals surface area contributed by atoms with Crippen molar-refractivity contribution in [2.45, 2.75) is 20.3 Å². The Labute approximate surface area is 67.1 Å². The van der Waals surface area contributed by atoms with Crippen LogP contribution in [0.5, 0.6) is 0 Å². The van der Waals surface area contributed by atoms with Crippen LogP contribution in [0, 0.1) is 6.92 Å². The molecular weight excluding hydrogens is 136 g/mol. The standard InChI is InChI=1S/C10H12O/c1-3-9-5-4-8(2)10(6-9)7-11/h4-7H,3H2,1-2H3. The van der Waals surface area contributed by atoms with E-state index < -0.39 is 0 Å². The van der Waals surface area contributed by atoms with Gasteiger partial charge < -0.3 is 0 Å². The molecule has 58 valence electrons. The van der Waals surface area contributed by atoms with E-state index in [4.69, 9.17) is 0 Å². The molecule has 0 fully saturated rings. The van der Waals surface area contributed by atoms with Crippen LogP contribution < -0.4 is 0 Å². The molecule has 0 spiro atoms. The number of carbonyl (C=O) groups is 1. The maximum atomic E-state index is 10.5. The van der Waals surface area contributed by atoms with E-state index in [0.29, 0.717) is 0 Å². The van der Waals surface area contributed by atoms with Crippen molar-refractivity contribution >= 4 is 6.29 Å². The van der Waals surface area contributed by atoms with Crippen LogP contribution in [0.15, 0.2) is 18.2 Å². The minimum Gasteiger partial charge on any atom is -0.298 e. The van der Waals surface area contributed by atoms with E-state index in [1.807, 2.05) is 19.1 Å². The monoisotopic (exact) mass is 148 g/mol. The number of rotatable bonds is 2. The molecule has 0 radical (unpaired) electrons. The van der Waals surface area contributed by atoms with Gasteiger partial charge in [-0.15, -0.1) is 0 Å². The molecule has 0 amide bonds. The minimum absolute atomic E-state index is 0.810. The van der Waals surface area contributed by atoms with Gasteiger partial charge in [0, 0.05) is 5.56 Å². The van der Waals surface area contributed by atoms with Crippen LogP contribution in [0.4, 0.5) is 0 Å². The van der Waals surface area contributed by atoms with Crippen LogP contribution in [0.25, 0.3) is 0 Å². The van der Waals surface area contributed by atoms with Crippen LogP contribution in [0.3, 0.4) is 0 Å². The smallest absolute Gasteiger partial charge is 0.150 e. The third kappa shape index (κ3) is 1.67. The van der Waals surface area contributed by atoms with E-state index in [2.05, 4.69) is 13.0 Å². The van der Waals surface area contributed by atoms with Gasteiger partial charge in [-0.1, -0.05) is 19.1 Å². The molecule has 0 saturated heterocycles. The quantitative estimate of drug-likeness (QED) is 0.588. The highest BCUT2D eigenvalue weighted by atomic mass is 16.1. The Morgan fingerprint density at radius 3 is 2.73 bits per heavy atom. The summed E-state index contributed by atoms with van der Waals surface area (Å²) in [5, 5.41) is 0. The second-order valence-corrected chi connectivity index (χ2v) is 2.66. The number of benzene rings is 1. The molecule has 1 aromatic rings. The third-order valence-electron chi connectivity index (χ3n) is 1.88. The van der Waals surface area contributed by atoms with Crippen molar-refractivity contribution in [2.24, 2.45) is 0 Å². The lowest BCUT2D eigenvalue weighted by molar-refractivity contribution is 0.112. The molecule has 1 aromatic carbocycles. The first kappa shape index (κ1) is 7.99. The molecule has 0 atom stereocenters. The summed E-state index contributed by atoms with van der Waals surface area (Å²) in [5.41, 5.74) is 3.08. The first-order valence-electron chi connectivity index (χ1n) is 3.82. The fourth-order valence-electron chi connectivity index (χ4n) is 1.04. The maximum Gasteiger partial charge on any atom is 0.150 e. The number of aryl methyl sites for hydroxylation is 2. The second-order valence-electron chi connectivity index (χ2n) is 2.66. The molecule has 0 aromatic heterocycles. The zero-order chi connectivity index (χ0) is 8.27. The van der Waals surface area contributed by atoms with Crippen LogP contribution in [-0.4, -0.2) is 6.29 Å². The maximum absolute atomic E-state index is 10.5. The molecule has 0 N–H and O–H groups in total. The Hall–Kier alpha value is -1.11. The Morgan fingerprint density at radius 2 is 2.18 bits per heavy atom. The molecule has 0 saturated carbocycles. The van der Waals surface area contributed by atoms with Crippen LogP contribution >= 0.6 is 0 Å². The first-order chi connectivity index (χ1) is 5.27. The van der Waals surface area contributed by atoms with Gasteiger partial charge in [0.25, 0.3) is 0 Å². The highest BCUT2D eigenvalue weighted by molar-refractivity contribution is 5.77. The molecule has 0 heterocycles. The van der Waals surface area contributed by atoms with Gasteiger partial charge in [-0.25, -0.2) is 0 Å². The summed E-state index contributed by atoms with van der Waals surface area (Å²) < 4.78 is 0. The van der Waals surface area contributed by atoms with Gasteiger partial charge in [0.05, 0.1) is 0 Å². The summed E-state index contributed by atoms with van der Waals surface area (Å²) in [6.45, 7) is 4.03. The van der Waals surface area contributed by atoms with Crippen molar-refractivity contribution in [2.75, 3.05) is 0 Å². The summed E-state index contributed by atoms with van der Waals surface area (Å²) in [6.07, 6.45) is 1.90. The summed E-state index contributed by atoms with van der Waals surface area (Å²) >= 11 is 0. The lowest BCUT2D eigenvalue weighted by Crippen LogP contribution is -1.88. The van der Waals surface area contributed by atoms with Crippen molar-refractivity contribution in [1.82, 2.24) is 0 Å². The molecule has 0 aliphatic carbocycles. The predicted octanol–water partition coefficient (Wildman–Crippen LogP) is 2.37. The highest BCUT2D eigenvalue weighted by Crippen LogP contribution is 2.08. The van der Waals surface area contributed by atoms with Gasteiger partial charge in [0.15, 0.2) is 0 Å². The van der Waals surface area contributed by atoms with Crippen molar-refractivity contribution in [3.8, 4) is 0 Å². The molecular formula is C10H12O. The van der Waals surface area contributed by atoms with Gasteiger partial charge in [0.2, 0.25) is 0 Å². The largest absolute Gasteiger partial charge is 0.298 e. The van der Waals surface area contributed by atoms with E-state index in [9.17, 15) is 4.79 Å². The van der Waals surface area contributed by atoms with E-state index >= 15 is 0 Å². The number of hydrogen-bond donors (Lipinski definition) is 0. The zero-order valence-electron chi connectivity index (χ0n) is 6.92. The fourth-order valence-corrected chi connectivity index (χ4v) is 1.04. The average Bonchev–Trinajstić information content (AvgIpc) is 2.05. The van der Waals surface area contributed by atoms with Crippen LogP contribution in [0.1, 0.15) is 28.4 Å². The molecule has 0 aliphatic rings. The van der Waals surface area contributed by atoms with Crippen molar-refractivity contribution < 1.29 is 4.79 Å². The summed E-state index contributed by atoms with van der Waals surface area (Å²) in [5.74, 6) is 0. The first-order valence-corrected chi connectivity index (χ1v) is 3.82. The van der Waals surface area contributed by atoms with Gasteiger partial charge in [-0.2, -0.15) is 0 Å². The summed E-state index contributed by atoms with van der Waals surface area (Å²) in [7, 11) is 0. The van der Waals surface area contributed by atoms with Crippen molar-refractivity contribution in [1.29, 1.82) is 0 Å². The molecule has 1 nitrogen and oxygen atoms in total. The molecule has 0 aliphatic heterocycles.